The molecule has 2 aromatic rings. The first-order chi connectivity index (χ1) is 12.5. The number of hydrogen-bond donors (Lipinski definition) is 2. The summed E-state index contributed by atoms with van der Waals surface area (Å²) in [5.41, 5.74) is 4.86. The average molecular weight is 418 g/mol. The normalized spacial score (nSPS) is 10.6. The molecule has 2 aromatic carbocycles. The number of hydrogen-bond acceptors (Lipinski definition) is 4. The number of benzene rings is 2. The van der Waals surface area contributed by atoms with Gasteiger partial charge >= 0.3 is 0 Å². The molecule has 6 nitrogen and oxygen atoms in total. The Morgan fingerprint density at radius 1 is 1.19 bits per heavy atom. The molecular weight excluding hydrogens is 398 g/mol. The van der Waals surface area contributed by atoms with Crippen LogP contribution in [0.15, 0.2) is 52.0 Å². The van der Waals surface area contributed by atoms with Crippen molar-refractivity contribution < 1.29 is 14.3 Å². The molecule has 26 heavy (non-hydrogen) atoms. The predicted molar refractivity (Wildman–Crippen MR) is 105 cm³/mol. The topological polar surface area (TPSA) is 79.8 Å². The molecule has 0 aliphatic carbocycles. The van der Waals surface area contributed by atoms with Gasteiger partial charge in [-0.3, -0.25) is 9.59 Å². The number of carbonyl (C=O) groups is 2. The van der Waals surface area contributed by atoms with Gasteiger partial charge in [0, 0.05) is 5.69 Å². The van der Waals surface area contributed by atoms with E-state index in [-0.39, 0.29) is 12.3 Å². The molecule has 0 aromatic heterocycles. The Labute approximate surface area is 160 Å². The monoisotopic (exact) mass is 417 g/mol. The fraction of sp³-hybridized carbons (Fsp3) is 0.211. The van der Waals surface area contributed by atoms with Crippen LogP contribution in [-0.2, 0) is 16.0 Å². The van der Waals surface area contributed by atoms with Crippen LogP contribution < -0.4 is 15.5 Å². The maximum Gasteiger partial charge on any atom is 0.249 e. The molecule has 0 spiro atoms. The minimum absolute atomic E-state index is 0.304. The number of carbonyl (C=O) groups excluding carboxylic acids is 2. The number of nitrogens with one attached hydrogen (secondary N) is 2. The summed E-state index contributed by atoms with van der Waals surface area (Å²) in [7, 11) is 1.58. The second-order valence-corrected chi connectivity index (χ2v) is 6.28. The third-order valence-corrected chi connectivity index (χ3v) is 4.19. The molecule has 2 rings (SSSR count). The molecule has 0 aliphatic heterocycles. The van der Waals surface area contributed by atoms with E-state index in [0.717, 1.165) is 27.7 Å². The van der Waals surface area contributed by atoms with Gasteiger partial charge in [0.1, 0.15) is 12.2 Å². The number of aryl methyl sites for hydroxylation is 1. The third kappa shape index (κ3) is 5.70. The van der Waals surface area contributed by atoms with Crippen LogP contribution in [0.25, 0.3) is 0 Å². The highest BCUT2D eigenvalue weighted by Crippen LogP contribution is 2.24. The highest BCUT2D eigenvalue weighted by atomic mass is 79.9. The highest BCUT2D eigenvalue weighted by molar-refractivity contribution is 9.10. The summed E-state index contributed by atoms with van der Waals surface area (Å²) < 4.78 is 5.93. The van der Waals surface area contributed by atoms with E-state index in [1.807, 2.05) is 37.3 Å². The molecule has 0 saturated carbocycles. The van der Waals surface area contributed by atoms with Crippen molar-refractivity contribution >= 4 is 39.6 Å². The van der Waals surface area contributed by atoms with Crippen LogP contribution in [-0.4, -0.2) is 25.1 Å². The van der Waals surface area contributed by atoms with Gasteiger partial charge in [0.2, 0.25) is 11.8 Å². The fourth-order valence-corrected chi connectivity index (χ4v) is 2.83. The smallest absolute Gasteiger partial charge is 0.249 e. The molecule has 0 unspecified atom stereocenters. The summed E-state index contributed by atoms with van der Waals surface area (Å²) in [6.45, 7) is 2.00. The molecule has 0 saturated heterocycles. The lowest BCUT2D eigenvalue weighted by Crippen LogP contribution is -2.25. The lowest BCUT2D eigenvalue weighted by Gasteiger charge is -2.09. The zero-order valence-electron chi connectivity index (χ0n) is 14.6. The first-order valence-corrected chi connectivity index (χ1v) is 8.86. The van der Waals surface area contributed by atoms with Crippen LogP contribution in [0.4, 0.5) is 5.69 Å². The van der Waals surface area contributed by atoms with E-state index in [2.05, 4.69) is 31.8 Å². The van der Waals surface area contributed by atoms with Crippen LogP contribution in [0.1, 0.15) is 24.5 Å². The molecule has 2 amide bonds. The Balaban J connectivity index is 1.86. The SMILES string of the molecule is CCc1ccccc1NC(=O)CC(=O)NN=Cc1ccc(OC)c(Br)c1. The van der Waals surface area contributed by atoms with E-state index < -0.39 is 5.91 Å². The second-order valence-electron chi connectivity index (χ2n) is 5.42. The Kier molecular flexibility index (Phi) is 7.35. The number of hydrazone groups is 1. The number of halogens is 1. The number of anilines is 1. The number of nitrogens with zero attached hydrogens (tertiary/aromatic N) is 1. The molecule has 2 N–H and O–H groups in total. The van der Waals surface area contributed by atoms with Crippen molar-refractivity contribution in [3.63, 3.8) is 0 Å². The highest BCUT2D eigenvalue weighted by Gasteiger charge is 2.10. The molecule has 7 heteroatoms. The van der Waals surface area contributed by atoms with Crippen LogP contribution in [0, 0.1) is 0 Å². The summed E-state index contributed by atoms with van der Waals surface area (Å²) in [6.07, 6.45) is 1.98. The maximum atomic E-state index is 12.0. The largest absolute Gasteiger partial charge is 0.496 e. The van der Waals surface area contributed by atoms with E-state index in [0.29, 0.717) is 5.75 Å². The van der Waals surface area contributed by atoms with Crippen LogP contribution >= 0.6 is 15.9 Å². The summed E-state index contributed by atoms with van der Waals surface area (Å²) >= 11 is 3.38. The lowest BCUT2D eigenvalue weighted by atomic mass is 10.1. The Bertz CT molecular complexity index is 821. The van der Waals surface area contributed by atoms with Gasteiger partial charge in [-0.15, -0.1) is 0 Å². The van der Waals surface area contributed by atoms with Crippen molar-refractivity contribution in [2.75, 3.05) is 12.4 Å². The van der Waals surface area contributed by atoms with Gasteiger partial charge in [0.25, 0.3) is 0 Å². The molecule has 0 radical (unpaired) electrons. The van der Waals surface area contributed by atoms with Crippen LogP contribution in [0.5, 0.6) is 5.75 Å². The van der Waals surface area contributed by atoms with E-state index in [1.165, 1.54) is 6.21 Å². The molecular formula is C19H20BrN3O3. The number of amides is 2. The van der Waals surface area contributed by atoms with Gasteiger partial charge in [-0.1, -0.05) is 25.1 Å². The zero-order valence-corrected chi connectivity index (χ0v) is 16.2. The van der Waals surface area contributed by atoms with Crippen molar-refractivity contribution in [2.45, 2.75) is 19.8 Å². The fourth-order valence-electron chi connectivity index (χ4n) is 2.27. The van der Waals surface area contributed by atoms with Crippen LogP contribution in [0.2, 0.25) is 0 Å². The summed E-state index contributed by atoms with van der Waals surface area (Å²) in [6, 6.07) is 12.9. The van der Waals surface area contributed by atoms with Gasteiger partial charge < -0.3 is 10.1 Å². The standard InChI is InChI=1S/C19H20BrN3O3/c1-3-14-6-4-5-7-16(14)22-18(24)11-19(25)23-21-12-13-8-9-17(26-2)15(20)10-13/h4-10,12H,3,11H2,1-2H3,(H,22,24)(H,23,25). The van der Waals surface area contributed by atoms with Crippen molar-refractivity contribution in [1.82, 2.24) is 5.43 Å². The Hall–Kier alpha value is -2.67. The van der Waals surface area contributed by atoms with Gasteiger partial charge in [0.05, 0.1) is 17.8 Å². The van der Waals surface area contributed by atoms with Gasteiger partial charge in [-0.05, 0) is 57.7 Å². The summed E-state index contributed by atoms with van der Waals surface area (Å²) in [4.78, 5) is 23.8. The molecule has 0 fully saturated rings. The van der Waals surface area contributed by atoms with Crippen molar-refractivity contribution in [2.24, 2.45) is 5.10 Å². The van der Waals surface area contributed by atoms with Gasteiger partial charge in [0.15, 0.2) is 0 Å². The average Bonchev–Trinajstić information content (AvgIpc) is 2.62. The molecule has 0 atom stereocenters. The van der Waals surface area contributed by atoms with Crippen molar-refractivity contribution in [3.8, 4) is 5.75 Å². The summed E-state index contributed by atoms with van der Waals surface area (Å²) in [5.74, 6) is -0.165. The minimum atomic E-state index is -0.486. The molecule has 136 valence electrons. The summed E-state index contributed by atoms with van der Waals surface area (Å²) in [5, 5.41) is 6.61. The molecule has 0 bridgehead atoms. The third-order valence-electron chi connectivity index (χ3n) is 3.57. The number of para-hydroxylation sites is 1. The zero-order chi connectivity index (χ0) is 18.9. The number of ether oxygens (including phenoxy) is 1. The quantitative estimate of drug-likeness (QED) is 0.411. The van der Waals surface area contributed by atoms with Crippen molar-refractivity contribution in [3.05, 3.63) is 58.1 Å². The first kappa shape index (κ1) is 19.7. The van der Waals surface area contributed by atoms with E-state index in [1.54, 1.807) is 19.2 Å². The first-order valence-electron chi connectivity index (χ1n) is 8.06. The second kappa shape index (κ2) is 9.72. The minimum Gasteiger partial charge on any atom is -0.496 e. The lowest BCUT2D eigenvalue weighted by molar-refractivity contribution is -0.126. The Morgan fingerprint density at radius 3 is 2.65 bits per heavy atom. The molecule has 0 aliphatic rings. The van der Waals surface area contributed by atoms with Gasteiger partial charge in [-0.25, -0.2) is 5.43 Å². The number of rotatable bonds is 7. The predicted octanol–water partition coefficient (Wildman–Crippen LogP) is 3.50. The van der Waals surface area contributed by atoms with E-state index in [4.69, 9.17) is 4.74 Å². The number of methoxy groups -OCH3 is 1. The Morgan fingerprint density at radius 2 is 1.96 bits per heavy atom. The maximum absolute atomic E-state index is 12.0. The van der Waals surface area contributed by atoms with E-state index in [9.17, 15) is 9.59 Å². The van der Waals surface area contributed by atoms with E-state index >= 15 is 0 Å². The van der Waals surface area contributed by atoms with Crippen molar-refractivity contribution in [1.29, 1.82) is 0 Å². The molecule has 0 heterocycles. The van der Waals surface area contributed by atoms with Crippen LogP contribution in [0.3, 0.4) is 0 Å². The van der Waals surface area contributed by atoms with Gasteiger partial charge in [-0.2, -0.15) is 5.10 Å².